The Morgan fingerprint density at radius 2 is 1.34 bits per heavy atom. The number of aromatic nitrogens is 1. The zero-order valence-corrected chi connectivity index (χ0v) is 23.7. The quantitative estimate of drug-likeness (QED) is 0.174. The van der Waals surface area contributed by atoms with Gasteiger partial charge in [-0.05, 0) is 80.5 Å². The van der Waals surface area contributed by atoms with Crippen molar-refractivity contribution in [2.45, 2.75) is 79.1 Å². The molecule has 0 atom stereocenters. The van der Waals surface area contributed by atoms with Gasteiger partial charge < -0.3 is 23.7 Å². The summed E-state index contributed by atoms with van der Waals surface area (Å²) in [5, 5.41) is 2.69. The highest BCUT2D eigenvalue weighted by Gasteiger charge is 2.24. The van der Waals surface area contributed by atoms with Gasteiger partial charge in [0.2, 0.25) is 0 Å². The fourth-order valence-corrected chi connectivity index (χ4v) is 2.43. The minimum absolute atomic E-state index is 0.00186. The van der Waals surface area contributed by atoms with Crippen molar-refractivity contribution in [1.82, 2.24) is 4.98 Å². The molecule has 2 aromatic rings. The highest BCUT2D eigenvalue weighted by Crippen LogP contribution is 2.27. The van der Waals surface area contributed by atoms with Crippen molar-refractivity contribution in [3.05, 3.63) is 47.5 Å². The van der Waals surface area contributed by atoms with Crippen LogP contribution < -0.4 is 10.1 Å². The molecule has 1 aromatic carbocycles. The summed E-state index contributed by atoms with van der Waals surface area (Å²) in [5.41, 5.74) is -1.76. The molecule has 38 heavy (non-hydrogen) atoms. The molecule has 0 aliphatic rings. The van der Waals surface area contributed by atoms with E-state index in [0.717, 1.165) is 6.07 Å². The van der Waals surface area contributed by atoms with E-state index in [0.29, 0.717) is 5.75 Å². The number of nitrogens with one attached hydrogen (secondary N) is 1. The molecule has 0 fully saturated rings. The maximum atomic E-state index is 14.1. The van der Waals surface area contributed by atoms with Gasteiger partial charge in [-0.25, -0.2) is 23.8 Å². The summed E-state index contributed by atoms with van der Waals surface area (Å²) in [6, 6.07) is 7.07. The molecule has 0 saturated carbocycles. The van der Waals surface area contributed by atoms with E-state index in [4.69, 9.17) is 30.5 Å². The second-order valence-electron chi connectivity index (χ2n) is 10.7. The van der Waals surface area contributed by atoms with Crippen molar-refractivity contribution in [2.24, 2.45) is 0 Å². The van der Waals surface area contributed by atoms with Crippen molar-refractivity contribution >= 4 is 35.7 Å². The Bertz CT molecular complexity index is 1100. The molecule has 0 unspecified atom stereocenters. The van der Waals surface area contributed by atoms with Gasteiger partial charge in [0.25, 0.3) is 0 Å². The van der Waals surface area contributed by atoms with Crippen molar-refractivity contribution in [1.29, 1.82) is 0 Å². The van der Waals surface area contributed by atoms with Gasteiger partial charge in [0.15, 0.2) is 11.6 Å². The van der Waals surface area contributed by atoms with Gasteiger partial charge in [0.1, 0.15) is 27.7 Å². The summed E-state index contributed by atoms with van der Waals surface area (Å²) >= 11 is 5.74. The van der Waals surface area contributed by atoms with Crippen LogP contribution in [0.15, 0.2) is 36.5 Å². The summed E-state index contributed by atoms with van der Waals surface area (Å²) in [7, 11) is 0. The lowest BCUT2D eigenvalue weighted by molar-refractivity contribution is -0.0294. The summed E-state index contributed by atoms with van der Waals surface area (Å²) < 4.78 is 38.3. The number of carbonyl (C=O) groups excluding carboxylic acids is 3. The van der Waals surface area contributed by atoms with Gasteiger partial charge in [-0.2, -0.15) is 0 Å². The number of benzene rings is 1. The second-order valence-corrected chi connectivity index (χ2v) is 11.1. The largest absolute Gasteiger partial charge is 0.519 e. The average Bonchev–Trinajstić information content (AvgIpc) is 2.66. The molecule has 1 heterocycles. The van der Waals surface area contributed by atoms with E-state index in [2.05, 4.69) is 15.0 Å². The van der Waals surface area contributed by atoms with Crippen LogP contribution in [0.3, 0.4) is 0 Å². The SMILES string of the molecule is CC(C)(C)OC(=O)Nc1ccc(Oc2ccnc(Cl)c2)c(F)c1.CC(C)(C)OC(=O)OC(=O)OC(C)(C)C. The molecule has 1 amide bonds. The summed E-state index contributed by atoms with van der Waals surface area (Å²) in [6.45, 7) is 15.2. The third kappa shape index (κ3) is 14.8. The normalized spacial score (nSPS) is 11.3. The Balaban J connectivity index is 0.000000420. The summed E-state index contributed by atoms with van der Waals surface area (Å²) in [6.07, 6.45) is -1.33. The molecular formula is C26H34ClFN2O8. The lowest BCUT2D eigenvalue weighted by Gasteiger charge is -2.20. The van der Waals surface area contributed by atoms with Crippen LogP contribution >= 0.6 is 11.6 Å². The monoisotopic (exact) mass is 556 g/mol. The maximum absolute atomic E-state index is 14.1. The number of nitrogens with zero attached hydrogens (tertiary/aromatic N) is 1. The van der Waals surface area contributed by atoms with Crippen molar-refractivity contribution < 1.29 is 42.5 Å². The van der Waals surface area contributed by atoms with Crippen LogP contribution in [0.1, 0.15) is 62.3 Å². The number of ether oxygens (including phenoxy) is 5. The highest BCUT2D eigenvalue weighted by molar-refractivity contribution is 6.29. The minimum atomic E-state index is -1.06. The van der Waals surface area contributed by atoms with Gasteiger partial charge in [0, 0.05) is 24.0 Å². The molecule has 2 rings (SSSR count). The average molecular weight is 557 g/mol. The number of carbonyl (C=O) groups is 3. The number of rotatable bonds is 3. The van der Waals surface area contributed by atoms with E-state index in [1.165, 1.54) is 24.4 Å². The standard InChI is InChI=1S/C16H16ClFN2O3.C10H18O5/c1-16(2,3)23-15(21)20-10-4-5-13(12(18)8-10)22-11-6-7-19-14(17)9-11;1-9(2,3)14-7(11)13-8(12)15-10(4,5)6/h4-9H,1-3H3,(H,20,21);1-6H3. The number of halogens is 2. The smallest absolute Gasteiger partial charge is 0.454 e. The molecule has 0 bridgehead atoms. The van der Waals surface area contributed by atoms with Gasteiger partial charge in [-0.15, -0.1) is 0 Å². The zero-order chi connectivity index (χ0) is 29.3. The topological polar surface area (TPSA) is 122 Å². The molecule has 0 radical (unpaired) electrons. The number of anilines is 1. The van der Waals surface area contributed by atoms with E-state index in [-0.39, 0.29) is 16.6 Å². The van der Waals surface area contributed by atoms with E-state index >= 15 is 0 Å². The number of pyridine rings is 1. The predicted octanol–water partition coefficient (Wildman–Crippen LogP) is 7.89. The van der Waals surface area contributed by atoms with E-state index in [1.807, 2.05) is 0 Å². The molecule has 0 saturated heterocycles. The molecule has 0 aliphatic carbocycles. The lowest BCUT2D eigenvalue weighted by atomic mass is 10.2. The molecule has 1 aromatic heterocycles. The van der Waals surface area contributed by atoms with E-state index in [1.54, 1.807) is 68.4 Å². The zero-order valence-electron chi connectivity index (χ0n) is 22.9. The second kappa shape index (κ2) is 13.3. The fraction of sp³-hybridized carbons (Fsp3) is 0.462. The first-order valence-corrected chi connectivity index (χ1v) is 11.8. The Hall–Kier alpha value is -3.60. The summed E-state index contributed by atoms with van der Waals surface area (Å²) in [4.78, 5) is 37.5. The molecular weight excluding hydrogens is 523 g/mol. The first kappa shape index (κ1) is 32.4. The molecule has 210 valence electrons. The van der Waals surface area contributed by atoms with Crippen LogP contribution in [0.25, 0.3) is 0 Å². The van der Waals surface area contributed by atoms with Gasteiger partial charge in [0.05, 0.1) is 0 Å². The molecule has 10 nitrogen and oxygen atoms in total. The van der Waals surface area contributed by atoms with Gasteiger partial charge in [-0.1, -0.05) is 11.6 Å². The predicted molar refractivity (Wildman–Crippen MR) is 139 cm³/mol. The Labute approximate surface area is 226 Å². The van der Waals surface area contributed by atoms with Crippen molar-refractivity contribution in [3.8, 4) is 11.5 Å². The third-order valence-corrected chi connectivity index (χ3v) is 3.66. The third-order valence-electron chi connectivity index (χ3n) is 3.45. The Morgan fingerprint density at radius 3 is 1.79 bits per heavy atom. The van der Waals surface area contributed by atoms with E-state index < -0.39 is 41.0 Å². The fourth-order valence-electron chi connectivity index (χ4n) is 2.27. The van der Waals surface area contributed by atoms with Gasteiger partial charge >= 0.3 is 18.4 Å². The van der Waals surface area contributed by atoms with Crippen LogP contribution in [0.5, 0.6) is 11.5 Å². The Kier molecular flexibility index (Phi) is 11.3. The number of hydrogen-bond donors (Lipinski definition) is 1. The van der Waals surface area contributed by atoms with Crippen LogP contribution in [0.2, 0.25) is 5.15 Å². The van der Waals surface area contributed by atoms with Crippen LogP contribution in [-0.4, -0.2) is 40.2 Å². The first-order chi connectivity index (χ1) is 17.2. The minimum Gasteiger partial charge on any atom is -0.454 e. The molecule has 0 aliphatic heterocycles. The van der Waals surface area contributed by atoms with Crippen LogP contribution in [0, 0.1) is 5.82 Å². The lowest BCUT2D eigenvalue weighted by Crippen LogP contribution is -2.29. The van der Waals surface area contributed by atoms with Crippen LogP contribution in [-0.2, 0) is 18.9 Å². The maximum Gasteiger partial charge on any atom is 0.519 e. The van der Waals surface area contributed by atoms with Crippen molar-refractivity contribution in [2.75, 3.05) is 5.32 Å². The first-order valence-electron chi connectivity index (χ1n) is 11.5. The van der Waals surface area contributed by atoms with E-state index in [9.17, 15) is 18.8 Å². The molecule has 1 N–H and O–H groups in total. The Morgan fingerprint density at radius 1 is 0.816 bits per heavy atom. The molecule has 12 heteroatoms. The van der Waals surface area contributed by atoms with Gasteiger partial charge in [-0.3, -0.25) is 5.32 Å². The summed E-state index contributed by atoms with van der Waals surface area (Å²) in [5.74, 6) is -0.273. The number of amides is 1. The number of hydrogen-bond acceptors (Lipinski definition) is 9. The highest BCUT2D eigenvalue weighted by atomic mass is 35.5. The van der Waals surface area contributed by atoms with Crippen molar-refractivity contribution in [3.63, 3.8) is 0 Å². The molecule has 0 spiro atoms. The van der Waals surface area contributed by atoms with Crippen LogP contribution in [0.4, 0.5) is 24.5 Å².